The zero-order chi connectivity index (χ0) is 12.1. The van der Waals surface area contributed by atoms with Crippen LogP contribution in [0.4, 0.5) is 0 Å². The summed E-state index contributed by atoms with van der Waals surface area (Å²) in [6.45, 7) is 6.68. The summed E-state index contributed by atoms with van der Waals surface area (Å²) in [4.78, 5) is 4.32. The van der Waals surface area contributed by atoms with Gasteiger partial charge in [0.05, 0.1) is 11.8 Å². The van der Waals surface area contributed by atoms with Crippen LogP contribution in [0, 0.1) is 19.8 Å². The molecule has 0 amide bonds. The van der Waals surface area contributed by atoms with Crippen molar-refractivity contribution in [3.8, 4) is 0 Å². The number of hydrogen-bond donors (Lipinski definition) is 1. The Morgan fingerprint density at radius 3 is 2.69 bits per heavy atom. The molecule has 0 aliphatic heterocycles. The summed E-state index contributed by atoms with van der Waals surface area (Å²) in [6.07, 6.45) is 2.14. The fourth-order valence-corrected chi connectivity index (χ4v) is 1.77. The Labute approximate surface area is 97.5 Å². The van der Waals surface area contributed by atoms with Gasteiger partial charge in [0.1, 0.15) is 0 Å². The summed E-state index contributed by atoms with van der Waals surface area (Å²) in [7, 11) is 1.68. The third-order valence-electron chi connectivity index (χ3n) is 2.85. The lowest BCUT2D eigenvalue weighted by atomic mass is 9.95. The Morgan fingerprint density at radius 2 is 2.12 bits per heavy atom. The molecule has 0 aliphatic rings. The van der Waals surface area contributed by atoms with Crippen LogP contribution in [0.15, 0.2) is 12.3 Å². The summed E-state index contributed by atoms with van der Waals surface area (Å²) in [5.41, 5.74) is 2.96. The van der Waals surface area contributed by atoms with E-state index in [-0.39, 0.29) is 5.92 Å². The van der Waals surface area contributed by atoms with Crippen molar-refractivity contribution in [1.29, 1.82) is 0 Å². The van der Waals surface area contributed by atoms with Crippen molar-refractivity contribution in [2.45, 2.75) is 33.3 Å². The average Bonchev–Trinajstić information content (AvgIpc) is 2.25. The van der Waals surface area contributed by atoms with Crippen molar-refractivity contribution in [2.24, 2.45) is 5.92 Å². The van der Waals surface area contributed by atoms with Crippen LogP contribution in [-0.4, -0.2) is 23.8 Å². The number of hydrogen-bond acceptors (Lipinski definition) is 3. The minimum Gasteiger partial charge on any atom is -0.387 e. The van der Waals surface area contributed by atoms with Crippen LogP contribution in [-0.2, 0) is 4.74 Å². The number of aliphatic hydroxyl groups excluding tert-OH is 1. The van der Waals surface area contributed by atoms with Gasteiger partial charge in [-0.2, -0.15) is 0 Å². The van der Waals surface area contributed by atoms with Crippen LogP contribution in [0.3, 0.4) is 0 Å². The zero-order valence-electron chi connectivity index (χ0n) is 10.5. The number of methoxy groups -OCH3 is 1. The van der Waals surface area contributed by atoms with E-state index in [9.17, 15) is 5.11 Å². The van der Waals surface area contributed by atoms with Gasteiger partial charge < -0.3 is 9.84 Å². The van der Waals surface area contributed by atoms with Crippen molar-refractivity contribution in [3.05, 3.63) is 29.1 Å². The smallest absolute Gasteiger partial charge is 0.0988 e. The lowest BCUT2D eigenvalue weighted by molar-refractivity contribution is 0.0850. The maximum Gasteiger partial charge on any atom is 0.0988 e. The molecule has 90 valence electrons. The highest BCUT2D eigenvalue weighted by Crippen LogP contribution is 2.25. The van der Waals surface area contributed by atoms with Crippen LogP contribution in [0.2, 0.25) is 0 Å². The van der Waals surface area contributed by atoms with E-state index in [1.165, 1.54) is 0 Å². The monoisotopic (exact) mass is 223 g/mol. The van der Waals surface area contributed by atoms with Crippen molar-refractivity contribution in [2.75, 3.05) is 13.7 Å². The zero-order valence-corrected chi connectivity index (χ0v) is 10.5. The predicted octanol–water partition coefficient (Wildman–Crippen LogP) is 2.40. The van der Waals surface area contributed by atoms with Crippen molar-refractivity contribution >= 4 is 0 Å². The molecule has 1 N–H and O–H groups in total. The molecule has 0 radical (unpaired) electrons. The first-order chi connectivity index (χ1) is 7.56. The molecular weight excluding hydrogens is 202 g/mol. The first-order valence-electron chi connectivity index (χ1n) is 5.66. The fourth-order valence-electron chi connectivity index (χ4n) is 1.77. The average molecular weight is 223 g/mol. The van der Waals surface area contributed by atoms with Gasteiger partial charge in [0.15, 0.2) is 0 Å². The molecule has 3 heteroatoms. The fraction of sp³-hybridized carbons (Fsp3) is 0.615. The maximum atomic E-state index is 10.2. The molecule has 3 nitrogen and oxygen atoms in total. The quantitative estimate of drug-likeness (QED) is 0.833. The minimum atomic E-state index is -0.504. The van der Waals surface area contributed by atoms with Gasteiger partial charge in [0.2, 0.25) is 0 Å². The molecule has 2 unspecified atom stereocenters. The van der Waals surface area contributed by atoms with E-state index in [0.29, 0.717) is 6.61 Å². The van der Waals surface area contributed by atoms with E-state index in [2.05, 4.69) is 11.1 Å². The molecule has 0 saturated heterocycles. The van der Waals surface area contributed by atoms with Gasteiger partial charge in [-0.05, 0) is 37.3 Å². The van der Waals surface area contributed by atoms with Gasteiger partial charge in [0.25, 0.3) is 0 Å². The Balaban J connectivity index is 2.75. The molecule has 16 heavy (non-hydrogen) atoms. The van der Waals surface area contributed by atoms with Crippen LogP contribution in [0.1, 0.15) is 36.3 Å². The molecule has 2 atom stereocenters. The maximum absolute atomic E-state index is 10.2. The lowest BCUT2D eigenvalue weighted by Gasteiger charge is -2.19. The van der Waals surface area contributed by atoms with Gasteiger partial charge in [0, 0.05) is 19.9 Å². The Kier molecular flexibility index (Phi) is 4.90. The van der Waals surface area contributed by atoms with Crippen molar-refractivity contribution in [3.63, 3.8) is 0 Å². The number of nitrogens with zero attached hydrogens (tertiary/aromatic N) is 1. The normalized spacial score (nSPS) is 14.8. The summed E-state index contributed by atoms with van der Waals surface area (Å²) in [5.74, 6) is 0.161. The number of rotatable bonds is 5. The van der Waals surface area contributed by atoms with Crippen LogP contribution in [0.25, 0.3) is 0 Å². The molecular formula is C13H21NO2. The number of ether oxygens (including phenoxy) is 1. The third kappa shape index (κ3) is 3.29. The largest absolute Gasteiger partial charge is 0.387 e. The summed E-state index contributed by atoms with van der Waals surface area (Å²) in [6, 6.07) is 2.05. The first-order valence-corrected chi connectivity index (χ1v) is 5.66. The van der Waals surface area contributed by atoms with Crippen LogP contribution < -0.4 is 0 Å². The summed E-state index contributed by atoms with van der Waals surface area (Å²) in [5, 5.41) is 10.2. The molecule has 0 aliphatic carbocycles. The van der Waals surface area contributed by atoms with Crippen LogP contribution in [0.5, 0.6) is 0 Å². The minimum absolute atomic E-state index is 0.161. The van der Waals surface area contributed by atoms with Gasteiger partial charge in [-0.1, -0.05) is 13.0 Å². The standard InChI is InChI=1S/C13H21NO2/c1-9-7-11(3)12(14-8-9)13(15)10(2)5-6-16-4/h7-8,10,13,15H,5-6H2,1-4H3. The highest BCUT2D eigenvalue weighted by atomic mass is 16.5. The molecule has 1 aromatic rings. The van der Waals surface area contributed by atoms with Gasteiger partial charge in [-0.25, -0.2) is 0 Å². The molecule has 0 fully saturated rings. The third-order valence-corrected chi connectivity index (χ3v) is 2.85. The molecule has 1 aromatic heterocycles. The second-order valence-electron chi connectivity index (χ2n) is 4.42. The van der Waals surface area contributed by atoms with Gasteiger partial charge in [-0.3, -0.25) is 4.98 Å². The van der Waals surface area contributed by atoms with E-state index in [1.54, 1.807) is 13.3 Å². The molecule has 1 heterocycles. The number of aromatic nitrogens is 1. The number of aryl methyl sites for hydroxylation is 2. The molecule has 0 saturated carbocycles. The number of pyridine rings is 1. The van der Waals surface area contributed by atoms with E-state index >= 15 is 0 Å². The summed E-state index contributed by atoms with van der Waals surface area (Å²) >= 11 is 0. The SMILES string of the molecule is COCCC(C)C(O)c1ncc(C)cc1C. The lowest BCUT2D eigenvalue weighted by Crippen LogP contribution is -2.14. The van der Waals surface area contributed by atoms with Crippen molar-refractivity contribution < 1.29 is 9.84 Å². The highest BCUT2D eigenvalue weighted by Gasteiger charge is 2.19. The van der Waals surface area contributed by atoms with Crippen LogP contribution >= 0.6 is 0 Å². The van der Waals surface area contributed by atoms with E-state index in [4.69, 9.17) is 4.74 Å². The first kappa shape index (κ1) is 13.1. The second-order valence-corrected chi connectivity index (χ2v) is 4.42. The molecule has 0 aromatic carbocycles. The van der Waals surface area contributed by atoms with E-state index in [1.807, 2.05) is 20.8 Å². The Bertz CT molecular complexity index is 339. The summed E-state index contributed by atoms with van der Waals surface area (Å²) < 4.78 is 5.02. The van der Waals surface area contributed by atoms with Crippen molar-refractivity contribution in [1.82, 2.24) is 4.98 Å². The van der Waals surface area contributed by atoms with E-state index in [0.717, 1.165) is 23.2 Å². The van der Waals surface area contributed by atoms with Gasteiger partial charge in [-0.15, -0.1) is 0 Å². The molecule has 0 bridgehead atoms. The Hall–Kier alpha value is -0.930. The molecule has 0 spiro atoms. The highest BCUT2D eigenvalue weighted by molar-refractivity contribution is 5.25. The molecule has 1 rings (SSSR count). The Morgan fingerprint density at radius 1 is 1.44 bits per heavy atom. The number of aliphatic hydroxyl groups is 1. The second kappa shape index (κ2) is 5.97. The van der Waals surface area contributed by atoms with Gasteiger partial charge >= 0.3 is 0 Å². The predicted molar refractivity (Wildman–Crippen MR) is 64.3 cm³/mol. The van der Waals surface area contributed by atoms with E-state index < -0.39 is 6.10 Å². The topological polar surface area (TPSA) is 42.4 Å².